The summed E-state index contributed by atoms with van der Waals surface area (Å²) in [5, 5.41) is 6.17. The van der Waals surface area contributed by atoms with Crippen molar-refractivity contribution < 1.29 is 28.8 Å². The van der Waals surface area contributed by atoms with Gasteiger partial charge in [-0.25, -0.2) is 4.79 Å². The highest BCUT2D eigenvalue weighted by molar-refractivity contribution is 5.98. The third-order valence-electron chi connectivity index (χ3n) is 4.71. The van der Waals surface area contributed by atoms with Crippen LogP contribution in [0.4, 0.5) is 0 Å². The number of nitrogens with two attached hydrogens (primary N) is 1. The Balaban J connectivity index is 1.77. The van der Waals surface area contributed by atoms with E-state index in [4.69, 9.17) is 15.4 Å². The number of nitrogens with zero attached hydrogens (tertiary/aromatic N) is 2. The lowest BCUT2D eigenvalue weighted by Crippen LogP contribution is -2.50. The highest BCUT2D eigenvalue weighted by Gasteiger charge is 2.27. The van der Waals surface area contributed by atoms with Gasteiger partial charge in [0.2, 0.25) is 5.91 Å². The molecular formula is C21H30N4O6. The third-order valence-corrected chi connectivity index (χ3v) is 4.71. The predicted molar refractivity (Wildman–Crippen MR) is 113 cm³/mol. The van der Waals surface area contributed by atoms with Crippen LogP contribution in [-0.4, -0.2) is 66.8 Å². The second-order valence-electron chi connectivity index (χ2n) is 7.53. The number of benzene rings is 1. The van der Waals surface area contributed by atoms with Crippen LogP contribution in [0.25, 0.3) is 0 Å². The van der Waals surface area contributed by atoms with E-state index in [1.165, 1.54) is 6.21 Å². The van der Waals surface area contributed by atoms with Gasteiger partial charge in [0.1, 0.15) is 12.6 Å². The topological polar surface area (TPSA) is 133 Å². The van der Waals surface area contributed by atoms with Crippen molar-refractivity contribution in [3.63, 3.8) is 0 Å². The number of nitrogens with one attached hydrogen (secondary N) is 1. The van der Waals surface area contributed by atoms with Crippen molar-refractivity contribution in [1.29, 1.82) is 0 Å². The molecule has 0 radical (unpaired) electrons. The molecule has 1 aliphatic heterocycles. The molecule has 0 saturated carbocycles. The maximum absolute atomic E-state index is 12.7. The first-order chi connectivity index (χ1) is 14.8. The van der Waals surface area contributed by atoms with Crippen molar-refractivity contribution in [3.05, 3.63) is 35.4 Å². The zero-order valence-corrected chi connectivity index (χ0v) is 18.1. The Labute approximate surface area is 181 Å². The summed E-state index contributed by atoms with van der Waals surface area (Å²) in [6.07, 6.45) is 2.38. The molecule has 1 saturated heterocycles. The first kappa shape index (κ1) is 24.3. The molecule has 0 spiro atoms. The molecule has 10 heteroatoms. The third kappa shape index (κ3) is 7.99. The van der Waals surface area contributed by atoms with Crippen molar-refractivity contribution in [2.24, 2.45) is 11.1 Å². The van der Waals surface area contributed by atoms with E-state index in [0.29, 0.717) is 37.1 Å². The largest absolute Gasteiger partial charge is 0.461 e. The molecule has 1 aromatic rings. The summed E-state index contributed by atoms with van der Waals surface area (Å²) < 4.78 is 10.6. The van der Waals surface area contributed by atoms with Crippen LogP contribution in [0.5, 0.6) is 0 Å². The van der Waals surface area contributed by atoms with Crippen molar-refractivity contribution in [2.45, 2.75) is 51.9 Å². The average Bonchev–Trinajstić information content (AvgIpc) is 2.76. The van der Waals surface area contributed by atoms with Crippen LogP contribution < -0.4 is 11.2 Å². The first-order valence-corrected chi connectivity index (χ1v) is 10.2. The number of ether oxygens (including phenoxy) is 2. The molecule has 1 aliphatic rings. The Morgan fingerprint density at radius 3 is 2.42 bits per heavy atom. The minimum Gasteiger partial charge on any atom is -0.461 e. The molecule has 1 heterocycles. The summed E-state index contributed by atoms with van der Waals surface area (Å²) in [5.74, 6) is 3.93. The molecule has 3 N–H and O–H groups in total. The van der Waals surface area contributed by atoms with Crippen molar-refractivity contribution in [2.75, 3.05) is 19.7 Å². The van der Waals surface area contributed by atoms with E-state index in [0.717, 1.165) is 0 Å². The van der Waals surface area contributed by atoms with Crippen LogP contribution in [-0.2, 0) is 24.0 Å². The van der Waals surface area contributed by atoms with Crippen LogP contribution in [0.3, 0.4) is 0 Å². The molecule has 31 heavy (non-hydrogen) atoms. The van der Waals surface area contributed by atoms with E-state index in [9.17, 15) is 14.4 Å². The fourth-order valence-electron chi connectivity index (χ4n) is 3.15. The van der Waals surface area contributed by atoms with E-state index < -0.39 is 12.0 Å². The van der Waals surface area contributed by atoms with Crippen molar-refractivity contribution in [1.82, 2.24) is 10.2 Å². The van der Waals surface area contributed by atoms with Gasteiger partial charge in [-0.2, -0.15) is 0 Å². The average molecular weight is 434 g/mol. The maximum atomic E-state index is 12.7. The normalized spacial score (nSPS) is 15.7. The Bertz CT molecular complexity index is 773. The number of carbonyl (C=O) groups excluding carboxylic acids is 3. The van der Waals surface area contributed by atoms with Gasteiger partial charge in [0, 0.05) is 18.7 Å². The van der Waals surface area contributed by atoms with Crippen LogP contribution in [0.1, 0.15) is 49.5 Å². The number of hydrogen-bond donors (Lipinski definition) is 2. The summed E-state index contributed by atoms with van der Waals surface area (Å²) in [5.41, 5.74) is 1.14. The molecule has 1 aromatic carbocycles. The van der Waals surface area contributed by atoms with Gasteiger partial charge in [0.15, 0.2) is 0 Å². The summed E-state index contributed by atoms with van der Waals surface area (Å²) in [6, 6.07) is 5.95. The van der Waals surface area contributed by atoms with Gasteiger partial charge in [0.25, 0.3) is 5.91 Å². The standard InChI is InChI=1S/C21H30N4O6/c1-14(2)30-19(26)13-29-18-8-10-25(11-9-18)21(28)15(3)24-20(27)17-6-4-16(5-7-17)12-23-31-22/h4-7,12,14-15,18H,8-11,13,22H2,1-3H3,(H,24,27)/t15-/m0/s1. The number of rotatable bonds is 9. The van der Waals surface area contributed by atoms with Crippen LogP contribution >= 0.6 is 0 Å². The van der Waals surface area contributed by atoms with Gasteiger partial charge in [-0.1, -0.05) is 17.3 Å². The lowest BCUT2D eigenvalue weighted by atomic mass is 10.1. The first-order valence-electron chi connectivity index (χ1n) is 10.2. The monoisotopic (exact) mass is 434 g/mol. The molecular weight excluding hydrogens is 404 g/mol. The smallest absolute Gasteiger partial charge is 0.332 e. The minimum atomic E-state index is -0.669. The molecule has 1 fully saturated rings. The van der Waals surface area contributed by atoms with Gasteiger partial charge < -0.3 is 24.6 Å². The fourth-order valence-corrected chi connectivity index (χ4v) is 3.15. The van der Waals surface area contributed by atoms with Gasteiger partial charge >= 0.3 is 5.97 Å². The van der Waals surface area contributed by atoms with Crippen LogP contribution in [0.15, 0.2) is 29.4 Å². The van der Waals surface area contributed by atoms with E-state index in [2.05, 4.69) is 15.4 Å². The fraction of sp³-hybridized carbons (Fsp3) is 0.524. The van der Waals surface area contributed by atoms with Gasteiger partial charge in [-0.05, 0) is 51.3 Å². The van der Waals surface area contributed by atoms with E-state index >= 15 is 0 Å². The zero-order valence-electron chi connectivity index (χ0n) is 18.1. The molecule has 0 unspecified atom stereocenters. The number of likely N-dealkylation sites (tertiary alicyclic amines) is 1. The highest BCUT2D eigenvalue weighted by Crippen LogP contribution is 2.15. The van der Waals surface area contributed by atoms with Crippen molar-refractivity contribution >= 4 is 24.0 Å². The number of carbonyl (C=O) groups is 3. The SMILES string of the molecule is CC(C)OC(=O)COC1CCN(C(=O)[C@H](C)NC(=O)c2ccc(C=NON)cc2)CC1. The van der Waals surface area contributed by atoms with Crippen LogP contribution in [0.2, 0.25) is 0 Å². The Hall–Kier alpha value is -2.98. The van der Waals surface area contributed by atoms with E-state index in [1.54, 1.807) is 49.9 Å². The molecule has 10 nitrogen and oxygen atoms in total. The molecule has 0 aromatic heterocycles. The number of oxime groups is 1. The lowest BCUT2D eigenvalue weighted by Gasteiger charge is -2.33. The van der Waals surface area contributed by atoms with Crippen LogP contribution in [0, 0.1) is 0 Å². The minimum absolute atomic E-state index is 0.0901. The Morgan fingerprint density at radius 1 is 1.19 bits per heavy atom. The Morgan fingerprint density at radius 2 is 1.84 bits per heavy atom. The van der Waals surface area contributed by atoms with E-state index in [1.807, 2.05) is 0 Å². The van der Waals surface area contributed by atoms with Gasteiger partial charge in [-0.3, -0.25) is 9.59 Å². The molecule has 0 bridgehead atoms. The van der Waals surface area contributed by atoms with Gasteiger partial charge in [0.05, 0.1) is 18.4 Å². The Kier molecular flexibility index (Phi) is 9.41. The zero-order chi connectivity index (χ0) is 22.8. The molecule has 170 valence electrons. The summed E-state index contributed by atoms with van der Waals surface area (Å²) >= 11 is 0. The lowest BCUT2D eigenvalue weighted by molar-refractivity contribution is -0.156. The molecule has 0 aliphatic carbocycles. The molecule has 1 atom stereocenters. The second-order valence-corrected chi connectivity index (χ2v) is 7.53. The summed E-state index contributed by atoms with van der Waals surface area (Å²) in [7, 11) is 0. The quantitative estimate of drug-likeness (QED) is 0.336. The number of esters is 1. The predicted octanol–water partition coefficient (Wildman–Crippen LogP) is 0.988. The molecule has 2 rings (SSSR count). The number of hydrogen-bond acceptors (Lipinski definition) is 8. The summed E-state index contributed by atoms with van der Waals surface area (Å²) in [4.78, 5) is 42.5. The highest BCUT2D eigenvalue weighted by atomic mass is 16.7. The summed E-state index contributed by atoms with van der Waals surface area (Å²) in [6.45, 7) is 6.13. The number of piperidine rings is 1. The second kappa shape index (κ2) is 12.0. The van der Waals surface area contributed by atoms with Crippen molar-refractivity contribution in [3.8, 4) is 0 Å². The number of amides is 2. The maximum Gasteiger partial charge on any atom is 0.332 e. The molecule has 2 amide bonds. The van der Waals surface area contributed by atoms with Gasteiger partial charge in [-0.15, -0.1) is 5.90 Å². The van der Waals surface area contributed by atoms with E-state index in [-0.39, 0.29) is 30.6 Å².